The number of piperidine rings is 2. The number of hydrogen-bond donors (Lipinski definition) is 2. The predicted molar refractivity (Wildman–Crippen MR) is 192 cm³/mol. The van der Waals surface area contributed by atoms with E-state index in [0.29, 0.717) is 13.1 Å². The SMILES string of the molecule is C=CCN1C(C)(C)CC(N(CCCCCCN(C(=O)CCC(=O)O)C2CC(C)(C)N(CC=C)C(C)(C)C2)C(=O)CCC(=O)O)CC1(C)C. The quantitative estimate of drug-likeness (QED) is 0.120. The Morgan fingerprint density at radius 3 is 1.12 bits per heavy atom. The summed E-state index contributed by atoms with van der Waals surface area (Å²) in [5.41, 5.74) is -0.637. The van der Waals surface area contributed by atoms with E-state index in [-0.39, 0.29) is 71.7 Å². The van der Waals surface area contributed by atoms with Gasteiger partial charge in [-0.1, -0.05) is 25.0 Å². The molecule has 2 amide bonds. The van der Waals surface area contributed by atoms with Gasteiger partial charge in [-0.15, -0.1) is 13.2 Å². The van der Waals surface area contributed by atoms with Gasteiger partial charge in [-0.25, -0.2) is 0 Å². The standard InChI is InChI=1S/C38H66N4O6/c1-11-21-41-35(3,4)25-29(26-36(41,5)6)39(31(43)17-19-33(45)46)23-15-13-14-16-24-40(32(44)18-20-34(47)48)30-27-37(7,8)42(22-12-2)38(9,10)28-30/h11-12,29-30H,1-2,13-28H2,3-10H3,(H,45,46)(H,47,48). The van der Waals surface area contributed by atoms with Crippen LogP contribution in [-0.2, 0) is 19.2 Å². The van der Waals surface area contributed by atoms with Gasteiger partial charge in [-0.3, -0.25) is 29.0 Å². The number of hydrogen-bond acceptors (Lipinski definition) is 6. The predicted octanol–water partition coefficient (Wildman–Crippen LogP) is 6.35. The molecule has 0 bridgehead atoms. The summed E-state index contributed by atoms with van der Waals surface area (Å²) in [6.45, 7) is 28.2. The van der Waals surface area contributed by atoms with E-state index in [9.17, 15) is 29.4 Å². The highest BCUT2D eigenvalue weighted by Gasteiger charge is 2.48. The molecule has 0 aromatic rings. The molecule has 2 rings (SSSR count). The second-order valence-electron chi connectivity index (χ2n) is 16.5. The van der Waals surface area contributed by atoms with Crippen LogP contribution in [0, 0.1) is 0 Å². The van der Waals surface area contributed by atoms with Crippen molar-refractivity contribution in [1.29, 1.82) is 0 Å². The number of amides is 2. The molecule has 10 heteroatoms. The van der Waals surface area contributed by atoms with Crippen LogP contribution in [0.3, 0.4) is 0 Å². The number of nitrogens with zero attached hydrogens (tertiary/aromatic N) is 4. The molecule has 2 aliphatic heterocycles. The molecule has 0 aliphatic carbocycles. The van der Waals surface area contributed by atoms with Crippen molar-refractivity contribution in [3.05, 3.63) is 25.3 Å². The maximum Gasteiger partial charge on any atom is 0.303 e. The maximum atomic E-state index is 13.5. The Bertz CT molecular complexity index is 1020. The fraction of sp³-hybridized carbons (Fsp3) is 0.789. The molecule has 0 aromatic carbocycles. The summed E-state index contributed by atoms with van der Waals surface area (Å²) in [5.74, 6) is -2.14. The Balaban J connectivity index is 2.11. The summed E-state index contributed by atoms with van der Waals surface area (Å²) >= 11 is 0. The molecule has 2 N–H and O–H groups in total. The number of unbranched alkanes of at least 4 members (excludes halogenated alkanes) is 3. The molecule has 2 fully saturated rings. The zero-order chi connectivity index (χ0) is 36.5. The summed E-state index contributed by atoms with van der Waals surface area (Å²) in [4.78, 5) is 58.3. The topological polar surface area (TPSA) is 122 Å². The Hall–Kier alpha value is -2.72. The Morgan fingerprint density at radius 2 is 0.875 bits per heavy atom. The Kier molecular flexibility index (Phi) is 14.9. The third-order valence-electron chi connectivity index (χ3n) is 10.7. The molecule has 2 aliphatic rings. The minimum Gasteiger partial charge on any atom is -0.481 e. The zero-order valence-electron chi connectivity index (χ0n) is 31.4. The van der Waals surface area contributed by atoms with Gasteiger partial charge in [0.25, 0.3) is 0 Å². The van der Waals surface area contributed by atoms with Gasteiger partial charge in [-0.2, -0.15) is 0 Å². The lowest BCUT2D eigenvalue weighted by Gasteiger charge is -2.57. The number of likely N-dealkylation sites (tertiary alicyclic amines) is 2. The van der Waals surface area contributed by atoms with Crippen LogP contribution in [0.15, 0.2) is 25.3 Å². The van der Waals surface area contributed by atoms with Crippen LogP contribution in [0.25, 0.3) is 0 Å². The minimum absolute atomic E-state index is 0.00517. The molecule has 2 saturated heterocycles. The lowest BCUT2D eigenvalue weighted by atomic mass is 9.76. The zero-order valence-corrected chi connectivity index (χ0v) is 31.4. The number of carbonyl (C=O) groups excluding carboxylic acids is 2. The van der Waals surface area contributed by atoms with Crippen LogP contribution >= 0.6 is 0 Å². The van der Waals surface area contributed by atoms with Crippen molar-refractivity contribution in [3.63, 3.8) is 0 Å². The summed E-state index contributed by atoms with van der Waals surface area (Å²) < 4.78 is 0. The van der Waals surface area contributed by atoms with Crippen molar-refractivity contribution >= 4 is 23.8 Å². The molecule has 274 valence electrons. The van der Waals surface area contributed by atoms with Crippen molar-refractivity contribution in [1.82, 2.24) is 19.6 Å². The van der Waals surface area contributed by atoms with E-state index in [1.54, 1.807) is 0 Å². The van der Waals surface area contributed by atoms with Crippen molar-refractivity contribution in [2.24, 2.45) is 0 Å². The Morgan fingerprint density at radius 1 is 0.583 bits per heavy atom. The first-order chi connectivity index (χ1) is 22.2. The first-order valence-corrected chi connectivity index (χ1v) is 18.0. The van der Waals surface area contributed by atoms with Crippen LogP contribution in [0.1, 0.15) is 132 Å². The van der Waals surface area contributed by atoms with E-state index in [4.69, 9.17) is 0 Å². The normalized spacial score (nSPS) is 20.9. The Labute approximate surface area is 290 Å². The fourth-order valence-corrected chi connectivity index (χ4v) is 8.87. The summed E-state index contributed by atoms with van der Waals surface area (Å²) in [7, 11) is 0. The minimum atomic E-state index is -0.967. The molecule has 0 radical (unpaired) electrons. The largest absolute Gasteiger partial charge is 0.481 e. The number of carboxylic acid groups (broad SMARTS) is 2. The number of rotatable bonds is 19. The molecule has 2 heterocycles. The second kappa shape index (κ2) is 17.3. The van der Waals surface area contributed by atoms with Gasteiger partial charge in [0, 0.05) is 73.3 Å². The van der Waals surface area contributed by atoms with Crippen LogP contribution < -0.4 is 0 Å². The fourth-order valence-electron chi connectivity index (χ4n) is 8.87. The van der Waals surface area contributed by atoms with E-state index >= 15 is 0 Å². The van der Waals surface area contributed by atoms with Crippen molar-refractivity contribution in [2.45, 2.75) is 167 Å². The average molecular weight is 675 g/mol. The summed E-state index contributed by atoms with van der Waals surface area (Å²) in [6.07, 6.45) is 10.0. The third-order valence-corrected chi connectivity index (χ3v) is 10.7. The van der Waals surface area contributed by atoms with Gasteiger partial charge in [0.1, 0.15) is 0 Å². The van der Waals surface area contributed by atoms with Gasteiger partial charge in [0.05, 0.1) is 12.8 Å². The highest BCUT2D eigenvalue weighted by atomic mass is 16.4. The van der Waals surface area contributed by atoms with Crippen molar-refractivity contribution < 1.29 is 29.4 Å². The molecule has 0 saturated carbocycles. The molecule has 10 nitrogen and oxygen atoms in total. The summed E-state index contributed by atoms with van der Waals surface area (Å²) in [5, 5.41) is 18.5. The van der Waals surface area contributed by atoms with E-state index < -0.39 is 11.9 Å². The summed E-state index contributed by atoms with van der Waals surface area (Å²) in [6, 6.07) is 0.0248. The number of carbonyl (C=O) groups is 4. The van der Waals surface area contributed by atoms with E-state index in [1.165, 1.54) is 0 Å². The lowest BCUT2D eigenvalue weighted by molar-refractivity contribution is -0.144. The van der Waals surface area contributed by atoms with Gasteiger partial charge >= 0.3 is 11.9 Å². The smallest absolute Gasteiger partial charge is 0.303 e. The van der Waals surface area contributed by atoms with Gasteiger partial charge < -0.3 is 20.0 Å². The molecule has 0 spiro atoms. The third kappa shape index (κ3) is 11.4. The maximum absolute atomic E-state index is 13.5. The van der Waals surface area contributed by atoms with Gasteiger partial charge in [0.2, 0.25) is 11.8 Å². The van der Waals surface area contributed by atoms with Crippen LogP contribution in [0.2, 0.25) is 0 Å². The number of carboxylic acids is 2. The van der Waals surface area contributed by atoms with Crippen LogP contribution in [-0.4, -0.2) is 114 Å². The van der Waals surface area contributed by atoms with Crippen molar-refractivity contribution in [3.8, 4) is 0 Å². The first kappa shape index (κ1) is 41.5. The van der Waals surface area contributed by atoms with E-state index in [0.717, 1.165) is 64.5 Å². The molecule has 48 heavy (non-hydrogen) atoms. The van der Waals surface area contributed by atoms with Crippen molar-refractivity contribution in [2.75, 3.05) is 26.2 Å². The van der Waals surface area contributed by atoms with E-state index in [1.807, 2.05) is 22.0 Å². The van der Waals surface area contributed by atoms with Crippen LogP contribution in [0.5, 0.6) is 0 Å². The lowest BCUT2D eigenvalue weighted by Crippen LogP contribution is -2.64. The molecule has 0 unspecified atom stereocenters. The second-order valence-corrected chi connectivity index (χ2v) is 16.5. The monoisotopic (exact) mass is 674 g/mol. The molecule has 0 aromatic heterocycles. The van der Waals surface area contributed by atoms with Crippen LogP contribution in [0.4, 0.5) is 0 Å². The van der Waals surface area contributed by atoms with Gasteiger partial charge in [-0.05, 0) is 93.9 Å². The highest BCUT2D eigenvalue weighted by molar-refractivity contribution is 5.81. The molecular weight excluding hydrogens is 608 g/mol. The molecular formula is C38H66N4O6. The molecule has 0 atom stereocenters. The van der Waals surface area contributed by atoms with E-state index in [2.05, 4.69) is 78.3 Å². The highest BCUT2D eigenvalue weighted by Crippen LogP contribution is 2.42. The average Bonchev–Trinajstić information content (AvgIpc) is 2.94. The number of aliphatic carboxylic acids is 2. The van der Waals surface area contributed by atoms with Gasteiger partial charge in [0.15, 0.2) is 0 Å². The first-order valence-electron chi connectivity index (χ1n) is 18.0.